The van der Waals surface area contributed by atoms with Crippen LogP contribution in [-0.4, -0.2) is 27.0 Å². The first-order valence-electron chi connectivity index (χ1n) is 10.5. The Hall–Kier alpha value is -3.72. The molecule has 6 heteroatoms. The largest absolute Gasteiger partial charge is 0.494 e. The van der Waals surface area contributed by atoms with Gasteiger partial charge in [-0.1, -0.05) is 30.3 Å². The molecule has 1 aromatic carbocycles. The van der Waals surface area contributed by atoms with Crippen LogP contribution >= 0.6 is 0 Å². The Balaban J connectivity index is 0.00000228. The molecule has 0 radical (unpaired) electrons. The zero-order valence-electron chi connectivity index (χ0n) is 17.8. The summed E-state index contributed by atoms with van der Waals surface area (Å²) in [5.41, 5.74) is 9.36. The molecular weight excluding hydrogens is 503 g/mol. The molecule has 0 aliphatic carbocycles. The third-order valence-electron chi connectivity index (χ3n) is 5.56. The van der Waals surface area contributed by atoms with Gasteiger partial charge in [0.05, 0.1) is 29.8 Å². The minimum atomic E-state index is 0. The van der Waals surface area contributed by atoms with Crippen LogP contribution in [0.1, 0.15) is 28.3 Å². The van der Waals surface area contributed by atoms with Gasteiger partial charge in [0.25, 0.3) is 0 Å². The standard InChI is InChI=1S/C27H20N4O.Pd/c1-32-27-25-16-23-12-10-21(30-23)14-19-8-7-18(28-19)13-20-9-11-22(29-20)15-24(31-25)26(27)17-5-3-2-4-6-17;/h2-16,28,30H,1H3;. The number of methoxy groups -OCH3 is 1. The van der Waals surface area contributed by atoms with Gasteiger partial charge in [-0.15, -0.1) is 0 Å². The molecule has 8 bridgehead atoms. The van der Waals surface area contributed by atoms with Gasteiger partial charge < -0.3 is 14.7 Å². The summed E-state index contributed by atoms with van der Waals surface area (Å²) in [5.74, 6) is 0.749. The Morgan fingerprint density at radius 3 is 1.91 bits per heavy atom. The summed E-state index contributed by atoms with van der Waals surface area (Å²) >= 11 is 0. The van der Waals surface area contributed by atoms with Crippen molar-refractivity contribution in [1.29, 1.82) is 0 Å². The number of hydrogen-bond acceptors (Lipinski definition) is 3. The van der Waals surface area contributed by atoms with Crippen LogP contribution in [0.25, 0.3) is 45.6 Å². The van der Waals surface area contributed by atoms with Gasteiger partial charge in [0.15, 0.2) is 5.76 Å². The van der Waals surface area contributed by atoms with E-state index < -0.39 is 0 Å². The number of rotatable bonds is 2. The van der Waals surface area contributed by atoms with E-state index in [-0.39, 0.29) is 20.4 Å². The third kappa shape index (κ3) is 4.07. The maximum Gasteiger partial charge on any atom is 0.154 e. The van der Waals surface area contributed by atoms with Crippen molar-refractivity contribution in [3.05, 3.63) is 107 Å². The minimum Gasteiger partial charge on any atom is -0.494 e. The van der Waals surface area contributed by atoms with Gasteiger partial charge >= 0.3 is 0 Å². The summed E-state index contributed by atoms with van der Waals surface area (Å²) in [6.45, 7) is 0. The Labute approximate surface area is 204 Å². The molecule has 2 N–H and O–H groups in total. The van der Waals surface area contributed by atoms with Gasteiger partial charge in [-0.3, -0.25) is 0 Å². The third-order valence-corrected chi connectivity index (χ3v) is 5.56. The molecule has 2 aliphatic rings. The summed E-state index contributed by atoms with van der Waals surface area (Å²) in [6, 6.07) is 26.6. The van der Waals surface area contributed by atoms with Gasteiger partial charge in [0.1, 0.15) is 5.69 Å². The van der Waals surface area contributed by atoms with E-state index in [0.29, 0.717) is 0 Å². The van der Waals surface area contributed by atoms with Crippen LogP contribution in [0, 0.1) is 0 Å². The fourth-order valence-electron chi connectivity index (χ4n) is 4.14. The Kier molecular flexibility index (Phi) is 5.55. The van der Waals surface area contributed by atoms with Crippen molar-refractivity contribution in [2.24, 2.45) is 0 Å². The van der Waals surface area contributed by atoms with Crippen LogP contribution in [0.15, 0.2) is 78.9 Å². The predicted octanol–water partition coefficient (Wildman–Crippen LogP) is 6.05. The fourth-order valence-corrected chi connectivity index (χ4v) is 4.14. The molecule has 6 rings (SSSR count). The number of aromatic amines is 2. The normalized spacial score (nSPS) is 12.5. The van der Waals surface area contributed by atoms with Crippen molar-refractivity contribution in [1.82, 2.24) is 19.9 Å². The monoisotopic (exact) mass is 522 g/mol. The fraction of sp³-hybridized carbons (Fsp3) is 0.0370. The molecule has 0 unspecified atom stereocenters. The molecule has 0 amide bonds. The first-order chi connectivity index (χ1) is 15.7. The second-order valence-electron chi connectivity index (χ2n) is 7.77. The van der Waals surface area contributed by atoms with Crippen molar-refractivity contribution in [2.45, 2.75) is 0 Å². The van der Waals surface area contributed by atoms with Crippen molar-refractivity contribution < 1.29 is 25.2 Å². The molecule has 0 saturated heterocycles. The molecule has 3 aromatic heterocycles. The van der Waals surface area contributed by atoms with Crippen molar-refractivity contribution in [3.63, 3.8) is 0 Å². The molecule has 0 atom stereocenters. The molecule has 33 heavy (non-hydrogen) atoms. The first kappa shape index (κ1) is 21.1. The second-order valence-corrected chi connectivity index (χ2v) is 7.77. The predicted molar refractivity (Wildman–Crippen MR) is 129 cm³/mol. The molecule has 2 aliphatic heterocycles. The molecular formula is C27H20N4OPd. The van der Waals surface area contributed by atoms with E-state index >= 15 is 0 Å². The van der Waals surface area contributed by atoms with E-state index in [0.717, 1.165) is 61.7 Å². The zero-order chi connectivity index (χ0) is 21.5. The summed E-state index contributed by atoms with van der Waals surface area (Å²) in [5, 5.41) is 0. The number of H-pyrrole nitrogens is 2. The summed E-state index contributed by atoms with van der Waals surface area (Å²) in [4.78, 5) is 16.6. The number of ether oxygens (including phenoxy) is 1. The van der Waals surface area contributed by atoms with Crippen LogP contribution < -0.4 is 0 Å². The smallest absolute Gasteiger partial charge is 0.154 e. The number of nitrogens with one attached hydrogen (secondary N) is 2. The second kappa shape index (κ2) is 8.67. The topological polar surface area (TPSA) is 66.6 Å². The zero-order valence-corrected chi connectivity index (χ0v) is 19.3. The number of benzene rings is 1. The van der Waals surface area contributed by atoms with Gasteiger partial charge in [-0.05, 0) is 66.2 Å². The number of fused-ring (bicyclic) bond motifs is 8. The Bertz CT molecular complexity index is 1560. The van der Waals surface area contributed by atoms with Crippen LogP contribution in [0.2, 0.25) is 0 Å². The van der Waals surface area contributed by atoms with Crippen LogP contribution in [0.4, 0.5) is 0 Å². The number of nitrogens with zero attached hydrogens (tertiary/aromatic N) is 2. The molecule has 5 heterocycles. The Morgan fingerprint density at radius 2 is 1.24 bits per heavy atom. The van der Waals surface area contributed by atoms with Crippen LogP contribution in [-0.2, 0) is 25.2 Å². The number of aromatic nitrogens is 4. The van der Waals surface area contributed by atoms with Gasteiger partial charge in [0, 0.05) is 42.5 Å². The molecule has 5 nitrogen and oxygen atoms in total. The maximum absolute atomic E-state index is 5.86. The van der Waals surface area contributed by atoms with Crippen molar-refractivity contribution in [3.8, 4) is 0 Å². The molecule has 0 saturated carbocycles. The van der Waals surface area contributed by atoms with Crippen LogP contribution in [0.3, 0.4) is 0 Å². The molecule has 0 fully saturated rings. The SMILES string of the molecule is COC1=C(c2ccccc2)c2cc3nc(cc4ccc(cc5ccc(cc1n2)[nH]5)[nH]4)C=C3.[Pd]. The Morgan fingerprint density at radius 1 is 0.636 bits per heavy atom. The molecule has 164 valence electrons. The van der Waals surface area contributed by atoms with E-state index in [1.54, 1.807) is 7.11 Å². The molecule has 4 aromatic rings. The summed E-state index contributed by atoms with van der Waals surface area (Å²) in [6.07, 6.45) is 4.02. The van der Waals surface area contributed by atoms with Crippen molar-refractivity contribution in [2.75, 3.05) is 7.11 Å². The van der Waals surface area contributed by atoms with E-state index in [9.17, 15) is 0 Å². The average Bonchev–Trinajstić information content (AvgIpc) is 3.58. The van der Waals surface area contributed by atoms with Gasteiger partial charge in [-0.2, -0.15) is 0 Å². The van der Waals surface area contributed by atoms with Crippen LogP contribution in [0.5, 0.6) is 0 Å². The minimum absolute atomic E-state index is 0. The summed E-state index contributed by atoms with van der Waals surface area (Å²) in [7, 11) is 1.69. The van der Waals surface area contributed by atoms with E-state index in [1.807, 2.05) is 54.6 Å². The average molecular weight is 523 g/mol. The maximum atomic E-state index is 5.86. The summed E-state index contributed by atoms with van der Waals surface area (Å²) < 4.78 is 5.86. The van der Waals surface area contributed by atoms with Gasteiger partial charge in [0.2, 0.25) is 0 Å². The van der Waals surface area contributed by atoms with Crippen molar-refractivity contribution >= 4 is 45.6 Å². The quantitative estimate of drug-likeness (QED) is 0.278. The number of hydrogen-bond donors (Lipinski definition) is 2. The van der Waals surface area contributed by atoms with E-state index in [4.69, 9.17) is 14.7 Å². The first-order valence-corrected chi connectivity index (χ1v) is 10.5. The van der Waals surface area contributed by atoms with E-state index in [1.165, 1.54) is 0 Å². The van der Waals surface area contributed by atoms with Gasteiger partial charge in [-0.25, -0.2) is 9.97 Å². The van der Waals surface area contributed by atoms with E-state index in [2.05, 4.69) is 46.4 Å². The molecule has 0 spiro atoms.